The van der Waals surface area contributed by atoms with Crippen LogP contribution in [0.3, 0.4) is 0 Å². The van der Waals surface area contributed by atoms with Gasteiger partial charge in [0.05, 0.1) is 11.4 Å². The molecule has 0 radical (unpaired) electrons. The van der Waals surface area contributed by atoms with Crippen molar-refractivity contribution in [2.45, 2.75) is 13.0 Å². The van der Waals surface area contributed by atoms with E-state index in [9.17, 15) is 4.39 Å². The average molecular weight is 253 g/mol. The number of nitrogens with two attached hydrogens (primary N) is 1. The number of imidazole rings is 1. The van der Waals surface area contributed by atoms with Gasteiger partial charge in [-0.25, -0.2) is 9.37 Å². The molecule has 19 heavy (non-hydrogen) atoms. The van der Waals surface area contributed by atoms with E-state index in [-0.39, 0.29) is 5.82 Å². The standard InChI is InChI=1S/C15H12FN3/c16-11-1-2-12-10(6-11)7-13-15(12)18-14-5-9(8-17)3-4-19(13)14/h1-6H,7-8,17H2. The van der Waals surface area contributed by atoms with E-state index in [1.807, 2.05) is 24.4 Å². The Balaban J connectivity index is 1.98. The molecule has 3 nitrogen and oxygen atoms in total. The topological polar surface area (TPSA) is 43.3 Å². The molecule has 0 fully saturated rings. The van der Waals surface area contributed by atoms with Gasteiger partial charge in [-0.05, 0) is 41.5 Å². The zero-order chi connectivity index (χ0) is 13.0. The Bertz CT molecular complexity index is 805. The normalized spacial score (nSPS) is 12.7. The Labute approximate surface area is 109 Å². The van der Waals surface area contributed by atoms with Gasteiger partial charge < -0.3 is 10.1 Å². The second-order valence-corrected chi connectivity index (χ2v) is 4.85. The van der Waals surface area contributed by atoms with Gasteiger partial charge in [0.2, 0.25) is 0 Å². The molecule has 0 saturated heterocycles. The molecule has 1 aliphatic rings. The van der Waals surface area contributed by atoms with Crippen molar-refractivity contribution in [3.05, 3.63) is 59.2 Å². The van der Waals surface area contributed by atoms with Crippen molar-refractivity contribution in [2.75, 3.05) is 0 Å². The summed E-state index contributed by atoms with van der Waals surface area (Å²) >= 11 is 0. The van der Waals surface area contributed by atoms with Crippen molar-refractivity contribution in [1.82, 2.24) is 9.38 Å². The predicted molar refractivity (Wildman–Crippen MR) is 71.3 cm³/mol. The van der Waals surface area contributed by atoms with Gasteiger partial charge in [-0.15, -0.1) is 0 Å². The van der Waals surface area contributed by atoms with E-state index >= 15 is 0 Å². The number of halogens is 1. The summed E-state index contributed by atoms with van der Waals surface area (Å²) in [6.07, 6.45) is 2.72. The quantitative estimate of drug-likeness (QED) is 0.566. The van der Waals surface area contributed by atoms with Gasteiger partial charge in [0.1, 0.15) is 11.5 Å². The molecule has 4 rings (SSSR count). The van der Waals surface area contributed by atoms with Crippen LogP contribution in [0, 0.1) is 5.82 Å². The maximum atomic E-state index is 13.3. The molecule has 2 heterocycles. The number of nitrogens with zero attached hydrogens (tertiary/aromatic N) is 2. The van der Waals surface area contributed by atoms with E-state index < -0.39 is 0 Å². The van der Waals surface area contributed by atoms with Gasteiger partial charge in [-0.1, -0.05) is 0 Å². The van der Waals surface area contributed by atoms with Crippen molar-refractivity contribution in [1.29, 1.82) is 0 Å². The highest BCUT2D eigenvalue weighted by Crippen LogP contribution is 2.36. The molecule has 4 heteroatoms. The third-order valence-corrected chi connectivity index (χ3v) is 3.71. The van der Waals surface area contributed by atoms with E-state index in [1.54, 1.807) is 6.07 Å². The summed E-state index contributed by atoms with van der Waals surface area (Å²) in [5.41, 5.74) is 11.7. The lowest BCUT2D eigenvalue weighted by molar-refractivity contribution is 0.626. The van der Waals surface area contributed by atoms with Crippen LogP contribution in [0.1, 0.15) is 16.8 Å². The second kappa shape index (κ2) is 3.65. The number of pyridine rings is 1. The van der Waals surface area contributed by atoms with Crippen molar-refractivity contribution < 1.29 is 4.39 Å². The summed E-state index contributed by atoms with van der Waals surface area (Å²) in [7, 11) is 0. The molecule has 94 valence electrons. The SMILES string of the molecule is NCc1ccn2c3c(nc2c1)-c1ccc(F)cc1C3. The second-order valence-electron chi connectivity index (χ2n) is 4.85. The molecule has 0 spiro atoms. The third kappa shape index (κ3) is 1.43. The van der Waals surface area contributed by atoms with Gasteiger partial charge in [0.15, 0.2) is 0 Å². The first-order valence-corrected chi connectivity index (χ1v) is 6.25. The zero-order valence-electron chi connectivity index (χ0n) is 10.2. The minimum Gasteiger partial charge on any atom is -0.326 e. The fraction of sp³-hybridized carbons (Fsp3) is 0.133. The number of hydrogen-bond donors (Lipinski definition) is 1. The molecule has 3 aromatic rings. The number of hydrogen-bond acceptors (Lipinski definition) is 2. The van der Waals surface area contributed by atoms with Crippen molar-refractivity contribution in [2.24, 2.45) is 5.73 Å². The summed E-state index contributed by atoms with van der Waals surface area (Å²) in [5.74, 6) is -0.191. The Kier molecular flexibility index (Phi) is 2.05. The molecule has 0 aliphatic heterocycles. The molecule has 0 bridgehead atoms. The highest BCUT2D eigenvalue weighted by atomic mass is 19.1. The highest BCUT2D eigenvalue weighted by Gasteiger charge is 2.24. The minimum absolute atomic E-state index is 0.191. The lowest BCUT2D eigenvalue weighted by atomic mass is 10.1. The Morgan fingerprint density at radius 3 is 3.00 bits per heavy atom. The Hall–Kier alpha value is -2.20. The Morgan fingerprint density at radius 2 is 2.16 bits per heavy atom. The first kappa shape index (κ1) is 10.7. The van der Waals surface area contributed by atoms with Crippen molar-refractivity contribution in [3.8, 4) is 11.3 Å². The van der Waals surface area contributed by atoms with Crippen LogP contribution < -0.4 is 5.73 Å². The van der Waals surface area contributed by atoms with Crippen LogP contribution in [0.25, 0.3) is 16.9 Å². The van der Waals surface area contributed by atoms with Gasteiger partial charge in [0, 0.05) is 24.7 Å². The minimum atomic E-state index is -0.191. The molecule has 1 aliphatic carbocycles. The maximum Gasteiger partial charge on any atom is 0.137 e. The molecule has 0 atom stereocenters. The van der Waals surface area contributed by atoms with Crippen LogP contribution in [0.15, 0.2) is 36.5 Å². The van der Waals surface area contributed by atoms with Crippen LogP contribution >= 0.6 is 0 Å². The van der Waals surface area contributed by atoms with Gasteiger partial charge in [-0.3, -0.25) is 0 Å². The maximum absolute atomic E-state index is 13.3. The Morgan fingerprint density at radius 1 is 1.26 bits per heavy atom. The van der Waals surface area contributed by atoms with E-state index in [0.717, 1.165) is 40.1 Å². The number of rotatable bonds is 1. The summed E-state index contributed by atoms with van der Waals surface area (Å²) in [5, 5.41) is 0. The lowest BCUT2D eigenvalue weighted by Gasteiger charge is -2.01. The molecular formula is C15H12FN3. The molecule has 1 aromatic carbocycles. The fourth-order valence-corrected chi connectivity index (χ4v) is 2.77. The molecule has 0 amide bonds. The lowest BCUT2D eigenvalue weighted by Crippen LogP contribution is -1.98. The number of aromatic nitrogens is 2. The van der Waals surface area contributed by atoms with Crippen molar-refractivity contribution >= 4 is 5.65 Å². The number of benzene rings is 1. The van der Waals surface area contributed by atoms with E-state index in [1.165, 1.54) is 6.07 Å². The van der Waals surface area contributed by atoms with Crippen LogP contribution in [-0.4, -0.2) is 9.38 Å². The monoisotopic (exact) mass is 253 g/mol. The first-order valence-electron chi connectivity index (χ1n) is 6.25. The third-order valence-electron chi connectivity index (χ3n) is 3.71. The molecule has 0 unspecified atom stereocenters. The average Bonchev–Trinajstić information content (AvgIpc) is 2.92. The van der Waals surface area contributed by atoms with E-state index in [2.05, 4.69) is 9.38 Å². The zero-order valence-corrected chi connectivity index (χ0v) is 10.2. The van der Waals surface area contributed by atoms with Gasteiger partial charge in [-0.2, -0.15) is 0 Å². The summed E-state index contributed by atoms with van der Waals surface area (Å²) < 4.78 is 15.3. The molecule has 2 N–H and O–H groups in total. The van der Waals surface area contributed by atoms with Crippen LogP contribution in [0.4, 0.5) is 4.39 Å². The first-order chi connectivity index (χ1) is 9.26. The molecular weight excluding hydrogens is 241 g/mol. The summed E-state index contributed by atoms with van der Waals surface area (Å²) in [4.78, 5) is 4.66. The van der Waals surface area contributed by atoms with Crippen LogP contribution in [0.2, 0.25) is 0 Å². The summed E-state index contributed by atoms with van der Waals surface area (Å²) in [6.45, 7) is 0.510. The smallest absolute Gasteiger partial charge is 0.137 e. The highest BCUT2D eigenvalue weighted by molar-refractivity contribution is 5.75. The predicted octanol–water partition coefficient (Wildman–Crippen LogP) is 2.50. The van der Waals surface area contributed by atoms with Gasteiger partial charge in [0.25, 0.3) is 0 Å². The van der Waals surface area contributed by atoms with Crippen LogP contribution in [-0.2, 0) is 13.0 Å². The van der Waals surface area contributed by atoms with E-state index in [4.69, 9.17) is 5.73 Å². The largest absolute Gasteiger partial charge is 0.326 e. The fourth-order valence-electron chi connectivity index (χ4n) is 2.77. The molecule has 2 aromatic heterocycles. The van der Waals surface area contributed by atoms with Crippen LogP contribution in [0.5, 0.6) is 0 Å². The van der Waals surface area contributed by atoms with Crippen molar-refractivity contribution in [3.63, 3.8) is 0 Å². The number of fused-ring (bicyclic) bond motifs is 5. The summed E-state index contributed by atoms with van der Waals surface area (Å²) in [6, 6.07) is 8.90. The van der Waals surface area contributed by atoms with Gasteiger partial charge >= 0.3 is 0 Å². The van der Waals surface area contributed by atoms with E-state index in [0.29, 0.717) is 6.54 Å². The molecule has 0 saturated carbocycles.